The van der Waals surface area contributed by atoms with Crippen LogP contribution in [-0.2, 0) is 14.2 Å². The number of thiocarbonyl (C=S) groups is 2. The molecular formula is C32H60O5S2. The van der Waals surface area contributed by atoms with E-state index in [9.17, 15) is 10.2 Å². The van der Waals surface area contributed by atoms with E-state index in [2.05, 4.69) is 13.8 Å². The molecule has 4 atom stereocenters. The third-order valence-corrected chi connectivity index (χ3v) is 8.34. The van der Waals surface area contributed by atoms with Gasteiger partial charge in [-0.1, -0.05) is 129 Å². The monoisotopic (exact) mass is 588 g/mol. The zero-order chi connectivity index (χ0) is 28.6. The van der Waals surface area contributed by atoms with Gasteiger partial charge in [-0.2, -0.15) is 0 Å². The van der Waals surface area contributed by atoms with Crippen molar-refractivity contribution in [3.05, 3.63) is 0 Å². The molecule has 1 fully saturated rings. The maximum Gasteiger partial charge on any atom is 0.160 e. The van der Waals surface area contributed by atoms with Crippen LogP contribution in [0.15, 0.2) is 0 Å². The van der Waals surface area contributed by atoms with E-state index < -0.39 is 24.4 Å². The van der Waals surface area contributed by atoms with Crippen molar-refractivity contribution in [3.63, 3.8) is 0 Å². The molecule has 0 aromatic rings. The second kappa shape index (κ2) is 25.4. The first-order valence-corrected chi connectivity index (χ1v) is 17.1. The van der Waals surface area contributed by atoms with Gasteiger partial charge in [0.15, 0.2) is 16.2 Å². The van der Waals surface area contributed by atoms with Crippen LogP contribution in [0.2, 0.25) is 0 Å². The molecule has 39 heavy (non-hydrogen) atoms. The normalized spacial score (nSPS) is 19.7. The summed E-state index contributed by atoms with van der Waals surface area (Å²) in [4.78, 5) is 0. The van der Waals surface area contributed by atoms with Crippen molar-refractivity contribution in [2.24, 2.45) is 0 Å². The number of unbranched alkanes of at least 4 members (excludes halogenated alkanes) is 18. The summed E-state index contributed by atoms with van der Waals surface area (Å²) in [5.41, 5.74) is 0. The molecule has 0 spiro atoms. The Morgan fingerprint density at radius 3 is 1.56 bits per heavy atom. The molecule has 0 bridgehead atoms. The summed E-state index contributed by atoms with van der Waals surface area (Å²) in [6.07, 6.45) is 23.8. The van der Waals surface area contributed by atoms with Gasteiger partial charge < -0.3 is 24.4 Å². The first kappa shape index (κ1) is 36.7. The highest BCUT2D eigenvalue weighted by molar-refractivity contribution is 7.80. The minimum Gasteiger partial charge on any atom is -0.484 e. The van der Waals surface area contributed by atoms with Crippen molar-refractivity contribution in [2.45, 2.75) is 180 Å². The fraction of sp³-hybridized carbons (Fsp3) is 0.938. The first-order valence-electron chi connectivity index (χ1n) is 16.3. The summed E-state index contributed by atoms with van der Waals surface area (Å²) in [5.74, 6) is 0. The van der Waals surface area contributed by atoms with Crippen LogP contribution in [0.5, 0.6) is 0 Å². The van der Waals surface area contributed by atoms with E-state index in [0.717, 1.165) is 38.5 Å². The smallest absolute Gasteiger partial charge is 0.160 e. The van der Waals surface area contributed by atoms with Crippen molar-refractivity contribution in [3.8, 4) is 0 Å². The predicted octanol–water partition coefficient (Wildman–Crippen LogP) is 8.79. The summed E-state index contributed by atoms with van der Waals surface area (Å²) in [7, 11) is 0. The van der Waals surface area contributed by atoms with Crippen LogP contribution in [0.4, 0.5) is 0 Å². The molecule has 0 saturated carbocycles. The fourth-order valence-corrected chi connectivity index (χ4v) is 5.62. The lowest BCUT2D eigenvalue weighted by atomic mass is 10.1. The van der Waals surface area contributed by atoms with Crippen LogP contribution in [0, 0.1) is 0 Å². The van der Waals surface area contributed by atoms with Crippen LogP contribution in [0.25, 0.3) is 0 Å². The number of hydrogen-bond donors (Lipinski definition) is 2. The van der Waals surface area contributed by atoms with Crippen LogP contribution in [0.1, 0.15) is 155 Å². The van der Waals surface area contributed by atoms with Gasteiger partial charge in [-0.15, -0.1) is 0 Å². The molecule has 1 aliphatic heterocycles. The predicted molar refractivity (Wildman–Crippen MR) is 171 cm³/mol. The number of ether oxygens (including phenoxy) is 3. The van der Waals surface area contributed by atoms with Gasteiger partial charge >= 0.3 is 0 Å². The molecule has 230 valence electrons. The average Bonchev–Trinajstić information content (AvgIpc) is 3.29. The second-order valence-corrected chi connectivity index (χ2v) is 12.3. The SMILES string of the molecule is CCCCCCCCCCCCC(=S)OC[C@@H](O)[C@@H]1OC[C@H](OC(=S)CCCCCCCCCCCC)[C@@H]1O. The Morgan fingerprint density at radius 1 is 0.692 bits per heavy atom. The van der Waals surface area contributed by atoms with Gasteiger partial charge in [-0.05, 0) is 37.3 Å². The van der Waals surface area contributed by atoms with Gasteiger partial charge in [-0.3, -0.25) is 0 Å². The van der Waals surface area contributed by atoms with Crippen LogP contribution in [-0.4, -0.2) is 57.9 Å². The number of rotatable bonds is 26. The van der Waals surface area contributed by atoms with Crippen LogP contribution in [0.3, 0.4) is 0 Å². The molecule has 0 unspecified atom stereocenters. The van der Waals surface area contributed by atoms with Gasteiger partial charge in [-0.25, -0.2) is 0 Å². The highest BCUT2D eigenvalue weighted by Gasteiger charge is 2.42. The molecule has 1 rings (SSSR count). The first-order chi connectivity index (χ1) is 19.0. The Bertz CT molecular complexity index is 603. The van der Waals surface area contributed by atoms with E-state index in [1.165, 1.54) is 103 Å². The zero-order valence-electron chi connectivity index (χ0n) is 25.2. The van der Waals surface area contributed by atoms with E-state index in [1.807, 2.05) is 0 Å². The lowest BCUT2D eigenvalue weighted by Crippen LogP contribution is -2.42. The third-order valence-electron chi connectivity index (χ3n) is 7.72. The summed E-state index contributed by atoms with van der Waals surface area (Å²) in [6, 6.07) is 0. The summed E-state index contributed by atoms with van der Waals surface area (Å²) in [6.45, 7) is 4.74. The number of aliphatic hydroxyl groups is 2. The van der Waals surface area contributed by atoms with Gasteiger partial charge in [0.1, 0.15) is 24.9 Å². The lowest BCUT2D eigenvalue weighted by Gasteiger charge is -2.23. The Labute approximate surface area is 251 Å². The Balaban J connectivity index is 2.05. The molecule has 5 nitrogen and oxygen atoms in total. The zero-order valence-corrected chi connectivity index (χ0v) is 26.8. The number of aliphatic hydroxyl groups excluding tert-OH is 2. The van der Waals surface area contributed by atoms with Gasteiger partial charge in [0, 0.05) is 12.8 Å². The number of hydrogen-bond acceptors (Lipinski definition) is 7. The Kier molecular flexibility index (Phi) is 23.9. The van der Waals surface area contributed by atoms with Gasteiger partial charge in [0.2, 0.25) is 0 Å². The minimum absolute atomic E-state index is 0.0219. The van der Waals surface area contributed by atoms with Crippen molar-refractivity contribution in [1.29, 1.82) is 0 Å². The van der Waals surface area contributed by atoms with Crippen molar-refractivity contribution in [1.82, 2.24) is 0 Å². The quantitative estimate of drug-likeness (QED) is 0.0773. The summed E-state index contributed by atoms with van der Waals surface area (Å²) >= 11 is 10.7. The molecule has 1 aliphatic rings. The topological polar surface area (TPSA) is 68.2 Å². The lowest BCUT2D eigenvalue weighted by molar-refractivity contribution is -0.0657. The summed E-state index contributed by atoms with van der Waals surface area (Å²) < 4.78 is 17.1. The van der Waals surface area contributed by atoms with E-state index in [4.69, 9.17) is 38.6 Å². The van der Waals surface area contributed by atoms with E-state index in [-0.39, 0.29) is 13.2 Å². The minimum atomic E-state index is -0.963. The Hall–Kier alpha value is -0.340. The molecule has 0 aromatic heterocycles. The van der Waals surface area contributed by atoms with Crippen molar-refractivity contribution < 1.29 is 24.4 Å². The maximum atomic E-state index is 10.6. The molecule has 7 heteroatoms. The maximum absolute atomic E-state index is 10.6. The van der Waals surface area contributed by atoms with Gasteiger partial charge in [0.25, 0.3) is 0 Å². The molecular weight excluding hydrogens is 528 g/mol. The fourth-order valence-electron chi connectivity index (χ4n) is 5.14. The van der Waals surface area contributed by atoms with E-state index in [0.29, 0.717) is 10.1 Å². The van der Waals surface area contributed by atoms with Crippen molar-refractivity contribution >= 4 is 34.5 Å². The van der Waals surface area contributed by atoms with Gasteiger partial charge in [0.05, 0.1) is 6.61 Å². The highest BCUT2D eigenvalue weighted by atomic mass is 32.1. The average molecular weight is 589 g/mol. The standard InChI is InChI=1S/C32H60O5S2/c1-3-5-7-9-11-13-15-17-19-21-23-29(38)35-25-27(33)32-31(34)28(26-36-32)37-30(39)24-22-20-18-16-14-12-10-8-6-4-2/h27-28,31-34H,3-26H2,1-2H3/t27-,28+,31+,32+/m1/s1. The van der Waals surface area contributed by atoms with Crippen LogP contribution >= 0.6 is 24.4 Å². The third kappa shape index (κ3) is 19.4. The largest absolute Gasteiger partial charge is 0.484 e. The van der Waals surface area contributed by atoms with E-state index >= 15 is 0 Å². The second-order valence-electron chi connectivity index (χ2n) is 11.4. The molecule has 0 amide bonds. The highest BCUT2D eigenvalue weighted by Crippen LogP contribution is 2.22. The molecule has 0 aliphatic carbocycles. The van der Waals surface area contributed by atoms with Crippen molar-refractivity contribution in [2.75, 3.05) is 13.2 Å². The van der Waals surface area contributed by atoms with E-state index in [1.54, 1.807) is 0 Å². The molecule has 1 saturated heterocycles. The molecule has 0 radical (unpaired) electrons. The van der Waals surface area contributed by atoms with Crippen LogP contribution < -0.4 is 0 Å². The summed E-state index contributed by atoms with van der Waals surface area (Å²) in [5, 5.41) is 22.2. The Morgan fingerprint density at radius 2 is 1.10 bits per heavy atom. The molecule has 1 heterocycles. The molecule has 2 N–H and O–H groups in total. The molecule has 0 aromatic carbocycles.